The molecule has 2 saturated heterocycles. The van der Waals surface area contributed by atoms with Crippen molar-refractivity contribution in [3.63, 3.8) is 0 Å². The number of hydrogen-bond donors (Lipinski definition) is 1. The molecular formula is C11H20N2O3. The number of carbonyl (C=O) groups is 1. The number of ether oxygens (including phenoxy) is 1. The van der Waals surface area contributed by atoms with Crippen LogP contribution in [0.3, 0.4) is 0 Å². The summed E-state index contributed by atoms with van der Waals surface area (Å²) in [4.78, 5) is 15.3. The molecule has 0 aromatic heterocycles. The minimum atomic E-state index is -0.718. The second-order valence-corrected chi connectivity index (χ2v) is 4.75. The number of carboxylic acid groups (broad SMARTS) is 1. The van der Waals surface area contributed by atoms with Crippen LogP contribution in [0.5, 0.6) is 0 Å². The van der Waals surface area contributed by atoms with Gasteiger partial charge < -0.3 is 14.7 Å². The van der Waals surface area contributed by atoms with Crippen LogP contribution in [0.15, 0.2) is 0 Å². The van der Waals surface area contributed by atoms with Gasteiger partial charge in [-0.25, -0.2) is 0 Å². The largest absolute Gasteiger partial charge is 0.480 e. The van der Waals surface area contributed by atoms with Crippen molar-refractivity contribution < 1.29 is 14.6 Å². The van der Waals surface area contributed by atoms with E-state index < -0.39 is 5.97 Å². The quantitative estimate of drug-likeness (QED) is 0.729. The van der Waals surface area contributed by atoms with Crippen molar-refractivity contribution in [2.24, 2.45) is 0 Å². The molecular weight excluding hydrogens is 208 g/mol. The fourth-order valence-corrected chi connectivity index (χ4v) is 2.46. The van der Waals surface area contributed by atoms with Gasteiger partial charge in [0.15, 0.2) is 0 Å². The molecule has 0 saturated carbocycles. The molecule has 0 spiro atoms. The van der Waals surface area contributed by atoms with E-state index in [-0.39, 0.29) is 12.1 Å². The Kier molecular flexibility index (Phi) is 3.78. The predicted octanol–water partition coefficient (Wildman–Crippen LogP) is -0.134. The highest BCUT2D eigenvalue weighted by atomic mass is 16.5. The Balaban J connectivity index is 1.92. The summed E-state index contributed by atoms with van der Waals surface area (Å²) in [6.07, 6.45) is 2.42. The lowest BCUT2D eigenvalue weighted by atomic mass is 10.1. The summed E-state index contributed by atoms with van der Waals surface area (Å²) in [5.74, 6) is -0.718. The lowest BCUT2D eigenvalue weighted by Gasteiger charge is -2.38. The second kappa shape index (κ2) is 5.12. The van der Waals surface area contributed by atoms with Gasteiger partial charge in [-0.2, -0.15) is 0 Å². The Morgan fingerprint density at radius 3 is 2.94 bits per heavy atom. The third kappa shape index (κ3) is 2.72. The lowest BCUT2D eigenvalue weighted by Crippen LogP contribution is -2.56. The number of carboxylic acids is 1. The molecule has 2 heterocycles. The molecule has 0 radical (unpaired) electrons. The molecule has 0 aliphatic carbocycles. The van der Waals surface area contributed by atoms with E-state index in [1.54, 1.807) is 0 Å². The van der Waals surface area contributed by atoms with Crippen LogP contribution < -0.4 is 0 Å². The molecule has 2 unspecified atom stereocenters. The number of likely N-dealkylation sites (N-methyl/N-ethyl adjacent to an activating group) is 1. The highest BCUT2D eigenvalue weighted by Gasteiger charge is 2.32. The van der Waals surface area contributed by atoms with Gasteiger partial charge in [0.25, 0.3) is 0 Å². The van der Waals surface area contributed by atoms with Crippen LogP contribution in [-0.4, -0.2) is 72.9 Å². The van der Waals surface area contributed by atoms with E-state index in [1.807, 2.05) is 7.05 Å². The zero-order valence-corrected chi connectivity index (χ0v) is 9.76. The van der Waals surface area contributed by atoms with E-state index in [0.29, 0.717) is 6.54 Å². The number of piperazine rings is 1. The average molecular weight is 228 g/mol. The van der Waals surface area contributed by atoms with Crippen molar-refractivity contribution in [2.75, 3.05) is 39.8 Å². The van der Waals surface area contributed by atoms with E-state index in [9.17, 15) is 9.90 Å². The van der Waals surface area contributed by atoms with Crippen LogP contribution >= 0.6 is 0 Å². The van der Waals surface area contributed by atoms with Gasteiger partial charge in [-0.15, -0.1) is 0 Å². The molecule has 2 atom stereocenters. The van der Waals surface area contributed by atoms with E-state index in [4.69, 9.17) is 4.74 Å². The van der Waals surface area contributed by atoms with E-state index in [0.717, 1.165) is 39.1 Å². The first-order valence-corrected chi connectivity index (χ1v) is 5.94. The number of aliphatic carboxylic acids is 1. The van der Waals surface area contributed by atoms with Gasteiger partial charge in [0.05, 0.1) is 6.10 Å². The number of hydrogen-bond acceptors (Lipinski definition) is 4. The van der Waals surface area contributed by atoms with Gasteiger partial charge in [-0.1, -0.05) is 0 Å². The molecule has 2 aliphatic heterocycles. The van der Waals surface area contributed by atoms with Crippen molar-refractivity contribution >= 4 is 5.97 Å². The average Bonchev–Trinajstić information content (AvgIpc) is 2.73. The Hall–Kier alpha value is -0.650. The Morgan fingerprint density at radius 1 is 1.50 bits per heavy atom. The van der Waals surface area contributed by atoms with Crippen LogP contribution in [0.2, 0.25) is 0 Å². The van der Waals surface area contributed by atoms with Gasteiger partial charge in [0.2, 0.25) is 0 Å². The summed E-state index contributed by atoms with van der Waals surface area (Å²) in [7, 11) is 1.97. The first kappa shape index (κ1) is 11.8. The summed E-state index contributed by atoms with van der Waals surface area (Å²) >= 11 is 0. The highest BCUT2D eigenvalue weighted by Crippen LogP contribution is 2.17. The Morgan fingerprint density at radius 2 is 2.31 bits per heavy atom. The fourth-order valence-electron chi connectivity index (χ4n) is 2.46. The molecule has 0 aromatic rings. The molecule has 2 rings (SSSR count). The summed E-state index contributed by atoms with van der Waals surface area (Å²) < 4.78 is 5.56. The highest BCUT2D eigenvalue weighted by molar-refractivity contribution is 5.74. The standard InChI is InChI=1S/C11H20N2O3/c1-12-4-5-13(10(8-12)11(14)15)7-9-3-2-6-16-9/h9-10H,2-8H2,1H3,(H,14,15). The third-order valence-electron chi connectivity index (χ3n) is 3.44. The zero-order chi connectivity index (χ0) is 11.5. The number of nitrogens with zero attached hydrogens (tertiary/aromatic N) is 2. The summed E-state index contributed by atoms with van der Waals surface area (Å²) in [5.41, 5.74) is 0. The maximum absolute atomic E-state index is 11.2. The van der Waals surface area contributed by atoms with Gasteiger partial charge in [0.1, 0.15) is 6.04 Å². The molecule has 0 amide bonds. The van der Waals surface area contributed by atoms with Gasteiger partial charge in [-0.3, -0.25) is 9.69 Å². The fraction of sp³-hybridized carbons (Fsp3) is 0.909. The normalized spacial score (nSPS) is 33.1. The molecule has 5 heteroatoms. The van der Waals surface area contributed by atoms with Gasteiger partial charge >= 0.3 is 5.97 Å². The van der Waals surface area contributed by atoms with Crippen molar-refractivity contribution in [1.29, 1.82) is 0 Å². The van der Waals surface area contributed by atoms with Gasteiger partial charge in [0, 0.05) is 32.8 Å². The van der Waals surface area contributed by atoms with Gasteiger partial charge in [-0.05, 0) is 19.9 Å². The van der Waals surface area contributed by atoms with Crippen molar-refractivity contribution in [1.82, 2.24) is 9.80 Å². The van der Waals surface area contributed by atoms with Crippen LogP contribution in [-0.2, 0) is 9.53 Å². The van der Waals surface area contributed by atoms with E-state index >= 15 is 0 Å². The molecule has 2 aliphatic rings. The molecule has 16 heavy (non-hydrogen) atoms. The summed E-state index contributed by atoms with van der Waals surface area (Å²) in [5, 5.41) is 9.19. The second-order valence-electron chi connectivity index (χ2n) is 4.75. The minimum Gasteiger partial charge on any atom is -0.480 e. The van der Waals surface area contributed by atoms with Crippen molar-refractivity contribution in [2.45, 2.75) is 25.0 Å². The van der Waals surface area contributed by atoms with Crippen LogP contribution in [0.4, 0.5) is 0 Å². The first-order chi connectivity index (χ1) is 7.66. The summed E-state index contributed by atoms with van der Waals surface area (Å²) in [6.45, 7) is 3.98. The third-order valence-corrected chi connectivity index (χ3v) is 3.44. The first-order valence-electron chi connectivity index (χ1n) is 5.94. The zero-order valence-electron chi connectivity index (χ0n) is 9.76. The molecule has 0 aromatic carbocycles. The molecule has 2 fully saturated rings. The topological polar surface area (TPSA) is 53.0 Å². The van der Waals surface area contributed by atoms with Crippen molar-refractivity contribution in [3.8, 4) is 0 Å². The Bertz CT molecular complexity index is 254. The minimum absolute atomic E-state index is 0.241. The molecule has 1 N–H and O–H groups in total. The van der Waals surface area contributed by atoms with E-state index in [2.05, 4.69) is 9.80 Å². The Labute approximate surface area is 96.0 Å². The smallest absolute Gasteiger partial charge is 0.322 e. The lowest BCUT2D eigenvalue weighted by molar-refractivity contribution is -0.146. The van der Waals surface area contributed by atoms with Crippen molar-refractivity contribution in [3.05, 3.63) is 0 Å². The molecule has 5 nitrogen and oxygen atoms in total. The van der Waals surface area contributed by atoms with Crippen LogP contribution in [0.1, 0.15) is 12.8 Å². The maximum Gasteiger partial charge on any atom is 0.322 e. The maximum atomic E-state index is 11.2. The van der Waals surface area contributed by atoms with Crippen LogP contribution in [0, 0.1) is 0 Å². The summed E-state index contributed by atoms with van der Waals surface area (Å²) in [6, 6.07) is -0.372. The predicted molar refractivity (Wildman–Crippen MR) is 59.5 cm³/mol. The monoisotopic (exact) mass is 228 g/mol. The number of rotatable bonds is 3. The molecule has 0 bridgehead atoms. The van der Waals surface area contributed by atoms with E-state index in [1.165, 1.54) is 0 Å². The SMILES string of the molecule is CN1CCN(CC2CCCO2)C(C(=O)O)C1. The molecule has 92 valence electrons. The van der Waals surface area contributed by atoms with Crippen LogP contribution in [0.25, 0.3) is 0 Å².